The van der Waals surface area contributed by atoms with Gasteiger partial charge in [-0.1, -0.05) is 19.3 Å². The Morgan fingerprint density at radius 2 is 2.11 bits per heavy atom. The van der Waals surface area contributed by atoms with Crippen LogP contribution in [0.3, 0.4) is 0 Å². The molecule has 0 unspecified atom stereocenters. The van der Waals surface area contributed by atoms with Gasteiger partial charge in [0.2, 0.25) is 0 Å². The van der Waals surface area contributed by atoms with E-state index in [4.69, 9.17) is 0 Å². The molecule has 0 spiro atoms. The van der Waals surface area contributed by atoms with Crippen LogP contribution in [-0.4, -0.2) is 9.97 Å². The van der Waals surface area contributed by atoms with Gasteiger partial charge in [0.15, 0.2) is 0 Å². The van der Waals surface area contributed by atoms with Gasteiger partial charge in [-0.15, -0.1) is 0 Å². The van der Waals surface area contributed by atoms with Crippen LogP contribution < -0.4 is 0 Å². The van der Waals surface area contributed by atoms with E-state index in [0.717, 1.165) is 3.70 Å². The zero-order valence-corrected chi connectivity index (χ0v) is 7.26. The van der Waals surface area contributed by atoms with Crippen molar-refractivity contribution in [1.82, 2.24) is 9.97 Å². The first-order valence-electron chi connectivity index (χ1n) is 3.04. The first-order chi connectivity index (χ1) is 4.39. The van der Waals surface area contributed by atoms with E-state index in [1.165, 1.54) is 19.3 Å². The van der Waals surface area contributed by atoms with Gasteiger partial charge in [0, 0.05) is 6.20 Å². The van der Waals surface area contributed by atoms with Crippen LogP contribution in [0.15, 0.2) is 12.5 Å². The number of rotatable bonds is 0. The van der Waals surface area contributed by atoms with E-state index in [-0.39, 0.29) is 0 Å². The second-order valence-electron chi connectivity index (χ2n) is 1.95. The lowest BCUT2D eigenvalue weighted by Crippen LogP contribution is -1.57. The topological polar surface area (TPSA) is 28.7 Å². The quantitative estimate of drug-likeness (QED) is 0.687. The van der Waals surface area contributed by atoms with Crippen LogP contribution in [0.1, 0.15) is 19.3 Å². The van der Waals surface area contributed by atoms with Crippen molar-refractivity contribution in [3.63, 3.8) is 0 Å². The molecule has 1 aliphatic rings. The van der Waals surface area contributed by atoms with E-state index in [1.807, 2.05) is 6.20 Å². The van der Waals surface area contributed by atoms with Crippen molar-refractivity contribution in [3.05, 3.63) is 16.2 Å². The van der Waals surface area contributed by atoms with Crippen LogP contribution in [0.25, 0.3) is 0 Å². The highest BCUT2D eigenvalue weighted by atomic mass is 127. The van der Waals surface area contributed by atoms with E-state index in [1.54, 1.807) is 6.33 Å². The molecule has 1 aromatic heterocycles. The Morgan fingerprint density at radius 1 is 1.44 bits per heavy atom. The molecule has 3 heteroatoms. The molecule has 2 rings (SSSR count). The number of hydrogen-bond donors (Lipinski definition) is 1. The van der Waals surface area contributed by atoms with Crippen molar-refractivity contribution in [1.29, 1.82) is 0 Å². The summed E-state index contributed by atoms with van der Waals surface area (Å²) in [6, 6.07) is 0. The second-order valence-corrected chi connectivity index (χ2v) is 3.06. The maximum Gasteiger partial charge on any atom is 0.119 e. The molecule has 1 N–H and O–H groups in total. The average molecular weight is 236 g/mol. The van der Waals surface area contributed by atoms with Crippen LogP contribution in [0.2, 0.25) is 0 Å². The highest BCUT2D eigenvalue weighted by Crippen LogP contribution is 2.14. The smallest absolute Gasteiger partial charge is 0.119 e. The van der Waals surface area contributed by atoms with E-state index in [2.05, 4.69) is 32.6 Å². The minimum absolute atomic E-state index is 1.01. The van der Waals surface area contributed by atoms with Gasteiger partial charge >= 0.3 is 0 Å². The number of hydrogen-bond acceptors (Lipinski definition) is 1. The van der Waals surface area contributed by atoms with Crippen LogP contribution in [0, 0.1) is 3.70 Å². The summed E-state index contributed by atoms with van der Waals surface area (Å²) in [4.78, 5) is 6.66. The summed E-state index contributed by atoms with van der Waals surface area (Å²) < 4.78 is 1.01. The predicted molar refractivity (Wildman–Crippen MR) is 45.2 cm³/mol. The summed E-state index contributed by atoms with van der Waals surface area (Å²) in [6.45, 7) is 0. The lowest BCUT2D eigenvalue weighted by atomic mass is 11.0. The summed E-state index contributed by atoms with van der Waals surface area (Å²) in [5, 5.41) is 0. The molecule has 0 atom stereocenters. The normalized spacial score (nSPS) is 13.9. The summed E-state index contributed by atoms with van der Waals surface area (Å²) in [5.41, 5.74) is 0. The zero-order valence-electron chi connectivity index (χ0n) is 5.10. The van der Waals surface area contributed by atoms with Gasteiger partial charge in [-0.3, -0.25) is 0 Å². The zero-order chi connectivity index (χ0) is 6.53. The van der Waals surface area contributed by atoms with Crippen LogP contribution in [0.5, 0.6) is 0 Å². The molecule has 0 aliphatic heterocycles. The summed E-state index contributed by atoms with van der Waals surface area (Å²) >= 11 is 2.13. The van der Waals surface area contributed by atoms with Gasteiger partial charge < -0.3 is 4.98 Å². The molecule has 0 amide bonds. The highest BCUT2D eigenvalue weighted by molar-refractivity contribution is 14.1. The van der Waals surface area contributed by atoms with Gasteiger partial charge in [0.05, 0.1) is 6.33 Å². The monoisotopic (exact) mass is 236 g/mol. The fourth-order valence-corrected chi connectivity index (χ4v) is 0.561. The molecule has 1 aliphatic carbocycles. The fourth-order valence-electron chi connectivity index (χ4n) is 0.242. The number of aromatic nitrogens is 2. The standard InChI is InChI=1S/C3H3IN2.C3H6/c4-3-1-5-2-6-3;1-2-3-1/h1-2H,(H,5,6);1-3H2. The van der Waals surface area contributed by atoms with Gasteiger partial charge in [-0.2, -0.15) is 0 Å². The van der Waals surface area contributed by atoms with Gasteiger partial charge in [-0.05, 0) is 22.6 Å². The van der Waals surface area contributed by atoms with Crippen molar-refractivity contribution in [2.24, 2.45) is 0 Å². The maximum absolute atomic E-state index is 3.85. The Hall–Kier alpha value is -0.0600. The molecule has 1 heterocycles. The number of halogens is 1. The number of nitrogens with one attached hydrogen (secondary N) is 1. The van der Waals surface area contributed by atoms with Crippen LogP contribution in [0.4, 0.5) is 0 Å². The number of nitrogens with zero attached hydrogens (tertiary/aromatic N) is 1. The number of aromatic amines is 1. The van der Waals surface area contributed by atoms with Crippen molar-refractivity contribution in [3.8, 4) is 0 Å². The van der Waals surface area contributed by atoms with Crippen molar-refractivity contribution in [2.45, 2.75) is 19.3 Å². The average Bonchev–Trinajstić information content (AvgIpc) is 2.64. The third kappa shape index (κ3) is 4.44. The van der Waals surface area contributed by atoms with Crippen molar-refractivity contribution in [2.75, 3.05) is 0 Å². The van der Waals surface area contributed by atoms with Crippen LogP contribution in [-0.2, 0) is 0 Å². The maximum atomic E-state index is 3.85. The molecule has 2 nitrogen and oxygen atoms in total. The third-order valence-corrected chi connectivity index (χ3v) is 1.41. The lowest BCUT2D eigenvalue weighted by molar-refractivity contribution is 1.30. The summed E-state index contributed by atoms with van der Waals surface area (Å²) in [6.07, 6.45) is 7.99. The molecule has 0 aromatic carbocycles. The molecule has 0 bridgehead atoms. The lowest BCUT2D eigenvalue weighted by Gasteiger charge is -1.61. The number of imidazole rings is 1. The Kier molecular flexibility index (Phi) is 3.03. The molecule has 1 saturated carbocycles. The van der Waals surface area contributed by atoms with E-state index in [9.17, 15) is 0 Å². The highest BCUT2D eigenvalue weighted by Gasteiger charge is 1.95. The van der Waals surface area contributed by atoms with Gasteiger partial charge in [-0.25, -0.2) is 4.98 Å². The Balaban J connectivity index is 0.000000112. The van der Waals surface area contributed by atoms with E-state index in [0.29, 0.717) is 0 Å². The van der Waals surface area contributed by atoms with Crippen LogP contribution >= 0.6 is 22.6 Å². The molecule has 0 saturated heterocycles. The van der Waals surface area contributed by atoms with E-state index >= 15 is 0 Å². The van der Waals surface area contributed by atoms with Crippen molar-refractivity contribution >= 4 is 22.6 Å². The van der Waals surface area contributed by atoms with Gasteiger partial charge in [0.1, 0.15) is 3.70 Å². The summed E-state index contributed by atoms with van der Waals surface area (Å²) in [7, 11) is 0. The predicted octanol–water partition coefficient (Wildman–Crippen LogP) is 2.18. The third-order valence-electron chi connectivity index (χ3n) is 0.818. The molecular formula is C6H9IN2. The second kappa shape index (κ2) is 3.87. The first kappa shape index (κ1) is 7.05. The Labute approximate surface area is 68.2 Å². The van der Waals surface area contributed by atoms with Gasteiger partial charge in [0.25, 0.3) is 0 Å². The minimum Gasteiger partial charge on any atom is -0.350 e. The molecule has 0 radical (unpaired) electrons. The molecule has 1 aromatic rings. The Bertz CT molecular complexity index is 143. The fraction of sp³-hybridized carbons (Fsp3) is 0.500. The largest absolute Gasteiger partial charge is 0.350 e. The molecular weight excluding hydrogens is 227 g/mol. The van der Waals surface area contributed by atoms with Crippen molar-refractivity contribution < 1.29 is 0 Å². The first-order valence-corrected chi connectivity index (χ1v) is 4.12. The molecule has 1 fully saturated rings. The molecule has 50 valence electrons. The SMILES string of the molecule is C1CC1.Ic1c[nH]cn1. The molecule has 9 heavy (non-hydrogen) atoms. The summed E-state index contributed by atoms with van der Waals surface area (Å²) in [5.74, 6) is 0. The Morgan fingerprint density at radius 3 is 2.22 bits per heavy atom. The minimum atomic E-state index is 1.01. The number of H-pyrrole nitrogens is 1. The van der Waals surface area contributed by atoms with E-state index < -0.39 is 0 Å².